The normalized spacial score (nSPS) is 28.9. The Morgan fingerprint density at radius 3 is 2.29 bits per heavy atom. The van der Waals surface area contributed by atoms with Crippen molar-refractivity contribution < 1.29 is 19.2 Å². The molecule has 3 rings (SSSR count). The van der Waals surface area contributed by atoms with Gasteiger partial charge in [-0.2, -0.15) is 5.26 Å². The van der Waals surface area contributed by atoms with E-state index < -0.39 is 29.0 Å². The molecule has 3 N–H and O–H groups in total. The van der Waals surface area contributed by atoms with Gasteiger partial charge in [0.1, 0.15) is 18.1 Å². The lowest BCUT2D eigenvalue weighted by molar-refractivity contribution is -0.146. The number of carbonyl (C=O) groups is 4. The third-order valence-electron chi connectivity index (χ3n) is 7.99. The zero-order valence-corrected chi connectivity index (χ0v) is 22.3. The number of carbonyl (C=O) groups excluding carboxylic acids is 4. The van der Waals surface area contributed by atoms with Crippen LogP contribution in [0.1, 0.15) is 68.2 Å². The van der Waals surface area contributed by atoms with Gasteiger partial charge >= 0.3 is 0 Å². The maximum atomic E-state index is 13.8. The van der Waals surface area contributed by atoms with Gasteiger partial charge < -0.3 is 20.9 Å². The lowest BCUT2D eigenvalue weighted by Crippen LogP contribution is -2.60. The van der Waals surface area contributed by atoms with Gasteiger partial charge in [0.2, 0.25) is 23.6 Å². The van der Waals surface area contributed by atoms with Crippen LogP contribution in [0.15, 0.2) is 0 Å². The summed E-state index contributed by atoms with van der Waals surface area (Å²) in [5.74, 6) is -1.09. The summed E-state index contributed by atoms with van der Waals surface area (Å²) in [5, 5.41) is 18.2. The molecule has 0 radical (unpaired) electrons. The predicted molar refractivity (Wildman–Crippen MR) is 130 cm³/mol. The van der Waals surface area contributed by atoms with E-state index in [9.17, 15) is 24.4 Å². The number of hydrogen-bond donors (Lipinski definition) is 3. The van der Waals surface area contributed by atoms with Crippen LogP contribution in [-0.4, -0.2) is 59.7 Å². The molecule has 0 aromatic heterocycles. The van der Waals surface area contributed by atoms with Gasteiger partial charge in [0, 0.05) is 24.4 Å². The van der Waals surface area contributed by atoms with Gasteiger partial charge in [0.25, 0.3) is 0 Å². The number of likely N-dealkylation sites (tertiary alicyclic amines) is 1. The molecule has 2 heterocycles. The Hall–Kier alpha value is -2.63. The highest BCUT2D eigenvalue weighted by Gasteiger charge is 2.69. The van der Waals surface area contributed by atoms with Gasteiger partial charge in [-0.05, 0) is 35.5 Å². The lowest BCUT2D eigenvalue weighted by atomic mass is 9.84. The van der Waals surface area contributed by atoms with Gasteiger partial charge in [-0.3, -0.25) is 19.2 Å². The van der Waals surface area contributed by atoms with Crippen molar-refractivity contribution in [1.29, 1.82) is 5.26 Å². The summed E-state index contributed by atoms with van der Waals surface area (Å²) < 4.78 is 0. The maximum Gasteiger partial charge on any atom is 0.246 e. The second kappa shape index (κ2) is 9.11. The van der Waals surface area contributed by atoms with Crippen LogP contribution in [0.2, 0.25) is 0 Å². The van der Waals surface area contributed by atoms with E-state index in [0.29, 0.717) is 19.5 Å². The summed E-state index contributed by atoms with van der Waals surface area (Å²) in [7, 11) is 0. The minimum Gasteiger partial charge on any atom is -0.356 e. The number of nitrogens with one attached hydrogen (secondary N) is 3. The second-order valence-electron chi connectivity index (χ2n) is 13.1. The molecule has 35 heavy (non-hydrogen) atoms. The van der Waals surface area contributed by atoms with Crippen molar-refractivity contribution in [3.8, 4) is 6.07 Å². The molecule has 3 fully saturated rings. The molecule has 2 aliphatic heterocycles. The Labute approximate surface area is 208 Å². The largest absolute Gasteiger partial charge is 0.356 e. The smallest absolute Gasteiger partial charge is 0.246 e. The van der Waals surface area contributed by atoms with Gasteiger partial charge in [-0.25, -0.2) is 0 Å². The quantitative estimate of drug-likeness (QED) is 0.523. The first-order valence-corrected chi connectivity index (χ1v) is 12.6. The molecule has 1 aliphatic carbocycles. The fourth-order valence-corrected chi connectivity index (χ4v) is 5.53. The Balaban J connectivity index is 1.81. The molecule has 194 valence electrons. The SMILES string of the molecule is CC(C)(C)C(=O)NC(C(=O)N1CC2C([C@H]1C(=O)N[C@H](C#N)C[C@@H]1CCNC1=O)C2(C)C)C(C)(C)C. The van der Waals surface area contributed by atoms with Gasteiger partial charge in [0.05, 0.1) is 6.07 Å². The van der Waals surface area contributed by atoms with Crippen LogP contribution in [0.4, 0.5) is 0 Å². The average Bonchev–Trinajstić information content (AvgIpc) is 3.10. The van der Waals surface area contributed by atoms with Crippen LogP contribution < -0.4 is 16.0 Å². The minimum absolute atomic E-state index is 0.0143. The van der Waals surface area contributed by atoms with Gasteiger partial charge in [-0.1, -0.05) is 55.4 Å². The molecule has 9 heteroatoms. The molecule has 3 aliphatic rings. The highest BCUT2D eigenvalue weighted by atomic mass is 16.2. The van der Waals surface area contributed by atoms with E-state index in [0.717, 1.165) is 0 Å². The summed E-state index contributed by atoms with van der Waals surface area (Å²) in [6.45, 7) is 16.3. The number of hydrogen-bond acceptors (Lipinski definition) is 5. The molecule has 9 nitrogen and oxygen atoms in total. The molecule has 0 bridgehead atoms. The standard InChI is InChI=1S/C26H41N5O4/c1-24(2,3)19(30-23(35)25(4,5)6)22(34)31-13-16-17(26(16,7)8)18(31)21(33)29-15(12-27)11-14-9-10-28-20(14)32/h14-19H,9-11,13H2,1-8H3,(H,28,32)(H,29,33)(H,30,35)/t14-,15-,16?,17?,18-,19?/m0/s1. The zero-order chi connectivity index (χ0) is 26.5. The molecule has 6 atom stereocenters. The van der Waals surface area contributed by atoms with Crippen molar-refractivity contribution >= 4 is 23.6 Å². The minimum atomic E-state index is -0.812. The molecular weight excluding hydrogens is 446 g/mol. The second-order valence-corrected chi connectivity index (χ2v) is 13.1. The van der Waals surface area contributed by atoms with Gasteiger partial charge in [-0.15, -0.1) is 0 Å². The molecule has 3 unspecified atom stereocenters. The number of piperidine rings is 1. The molecule has 1 saturated carbocycles. The number of nitriles is 1. The van der Waals surface area contributed by atoms with E-state index in [2.05, 4.69) is 35.9 Å². The molecule has 0 aromatic carbocycles. The summed E-state index contributed by atoms with van der Waals surface area (Å²) in [6.07, 6.45) is 0.887. The first-order valence-electron chi connectivity index (χ1n) is 12.6. The monoisotopic (exact) mass is 487 g/mol. The van der Waals surface area contributed by atoms with Crippen molar-refractivity contribution in [2.75, 3.05) is 13.1 Å². The summed E-state index contributed by atoms with van der Waals surface area (Å²) in [6, 6.07) is -0.206. The fraction of sp³-hybridized carbons (Fsp3) is 0.808. The summed E-state index contributed by atoms with van der Waals surface area (Å²) >= 11 is 0. The highest BCUT2D eigenvalue weighted by Crippen LogP contribution is 2.65. The number of nitrogens with zero attached hydrogens (tertiary/aromatic N) is 2. The van der Waals surface area contributed by atoms with Crippen LogP contribution in [0.5, 0.6) is 0 Å². The topological polar surface area (TPSA) is 131 Å². The lowest BCUT2D eigenvalue weighted by Gasteiger charge is -2.38. The Bertz CT molecular complexity index is 939. The van der Waals surface area contributed by atoms with E-state index in [-0.39, 0.29) is 53.2 Å². The molecule has 2 saturated heterocycles. The molecular formula is C26H41N5O4. The van der Waals surface area contributed by atoms with E-state index in [1.54, 1.807) is 25.7 Å². The predicted octanol–water partition coefficient (Wildman–Crippen LogP) is 1.58. The van der Waals surface area contributed by atoms with E-state index in [1.807, 2.05) is 20.8 Å². The number of rotatable bonds is 6. The van der Waals surface area contributed by atoms with E-state index >= 15 is 0 Å². The van der Waals surface area contributed by atoms with Crippen molar-refractivity contribution in [3.63, 3.8) is 0 Å². The van der Waals surface area contributed by atoms with E-state index in [1.165, 1.54) is 0 Å². The molecule has 4 amide bonds. The third kappa shape index (κ3) is 5.31. The number of fused-ring (bicyclic) bond motifs is 1. The highest BCUT2D eigenvalue weighted by molar-refractivity contribution is 5.95. The van der Waals surface area contributed by atoms with Crippen LogP contribution >= 0.6 is 0 Å². The summed E-state index contributed by atoms with van der Waals surface area (Å²) in [4.78, 5) is 53.7. The average molecular weight is 488 g/mol. The number of amides is 4. The first kappa shape index (κ1) is 27.0. The van der Waals surface area contributed by atoms with E-state index in [4.69, 9.17) is 0 Å². The maximum absolute atomic E-state index is 13.8. The van der Waals surface area contributed by atoms with Crippen molar-refractivity contribution in [2.45, 2.75) is 86.4 Å². The Kier molecular flexibility index (Phi) is 7.02. The van der Waals surface area contributed by atoms with Crippen molar-refractivity contribution in [1.82, 2.24) is 20.9 Å². The van der Waals surface area contributed by atoms with Crippen LogP contribution in [0, 0.1) is 45.3 Å². The first-order chi connectivity index (χ1) is 16.0. The van der Waals surface area contributed by atoms with Crippen LogP contribution in [-0.2, 0) is 19.2 Å². The van der Waals surface area contributed by atoms with Gasteiger partial charge in [0.15, 0.2) is 0 Å². The van der Waals surface area contributed by atoms with Crippen LogP contribution in [0.3, 0.4) is 0 Å². The third-order valence-corrected chi connectivity index (χ3v) is 7.99. The summed E-state index contributed by atoms with van der Waals surface area (Å²) in [5.41, 5.74) is -1.31. The zero-order valence-electron chi connectivity index (χ0n) is 22.3. The van der Waals surface area contributed by atoms with Crippen LogP contribution in [0.25, 0.3) is 0 Å². The Morgan fingerprint density at radius 2 is 1.80 bits per heavy atom. The molecule has 0 aromatic rings. The van der Waals surface area contributed by atoms with Crippen molar-refractivity contribution in [3.05, 3.63) is 0 Å². The Morgan fingerprint density at radius 1 is 1.17 bits per heavy atom. The molecule has 0 spiro atoms. The fourth-order valence-electron chi connectivity index (χ4n) is 5.53. The van der Waals surface area contributed by atoms with Crippen molar-refractivity contribution in [2.24, 2.45) is 34.0 Å².